The van der Waals surface area contributed by atoms with E-state index in [0.717, 1.165) is 10.0 Å². The van der Waals surface area contributed by atoms with E-state index in [-0.39, 0.29) is 11.9 Å². The van der Waals surface area contributed by atoms with Crippen molar-refractivity contribution in [1.29, 1.82) is 0 Å². The molecule has 1 aromatic carbocycles. The van der Waals surface area contributed by atoms with E-state index in [2.05, 4.69) is 15.9 Å². The van der Waals surface area contributed by atoms with Gasteiger partial charge in [0.1, 0.15) is 6.10 Å². The van der Waals surface area contributed by atoms with Crippen molar-refractivity contribution < 1.29 is 9.13 Å². The lowest BCUT2D eigenvalue weighted by Crippen LogP contribution is -2.24. The lowest BCUT2D eigenvalue weighted by molar-refractivity contribution is 0.232. The van der Waals surface area contributed by atoms with Gasteiger partial charge in [-0.15, -0.1) is 0 Å². The van der Waals surface area contributed by atoms with Gasteiger partial charge in [-0.3, -0.25) is 0 Å². The molecule has 0 saturated carbocycles. The predicted octanol–water partition coefficient (Wildman–Crippen LogP) is 1.85. The molecule has 0 bridgehead atoms. The Kier molecular flexibility index (Phi) is 2.26. The highest BCUT2D eigenvalue weighted by atomic mass is 79.9. The zero-order valence-electron chi connectivity index (χ0n) is 6.89. The third kappa shape index (κ3) is 1.56. The van der Waals surface area contributed by atoms with Gasteiger partial charge < -0.3 is 10.5 Å². The summed E-state index contributed by atoms with van der Waals surface area (Å²) < 4.78 is 19.3. The lowest BCUT2D eigenvalue weighted by Gasteiger charge is -2.06. The van der Waals surface area contributed by atoms with Crippen molar-refractivity contribution in [1.82, 2.24) is 0 Å². The number of benzene rings is 1. The van der Waals surface area contributed by atoms with Gasteiger partial charge in [0, 0.05) is 23.0 Å². The molecule has 13 heavy (non-hydrogen) atoms. The fourth-order valence-corrected chi connectivity index (χ4v) is 1.96. The molecule has 0 aliphatic carbocycles. The zero-order chi connectivity index (χ0) is 9.42. The van der Waals surface area contributed by atoms with Crippen LogP contribution < -0.4 is 10.5 Å². The second kappa shape index (κ2) is 3.27. The molecular weight excluding hydrogens is 237 g/mol. The topological polar surface area (TPSA) is 35.2 Å². The molecule has 0 amide bonds. The smallest absolute Gasteiger partial charge is 0.166 e. The molecule has 2 rings (SSSR count). The standard InChI is InChI=1S/C9H9BrFNO/c10-6-1-5-2-7(4-12)13-9(5)8(11)3-6/h1,3,7H,2,4,12H2. The zero-order valence-corrected chi connectivity index (χ0v) is 8.47. The minimum atomic E-state index is -0.319. The van der Waals surface area contributed by atoms with E-state index in [9.17, 15) is 4.39 Å². The van der Waals surface area contributed by atoms with Crippen LogP contribution in [0.4, 0.5) is 4.39 Å². The molecule has 2 N–H and O–H groups in total. The summed E-state index contributed by atoms with van der Waals surface area (Å²) in [5.41, 5.74) is 6.33. The van der Waals surface area contributed by atoms with Crippen LogP contribution in [0.5, 0.6) is 5.75 Å². The Morgan fingerprint density at radius 1 is 1.62 bits per heavy atom. The Bertz CT molecular complexity index is 343. The Labute approximate surface area is 84.0 Å². The number of hydrogen-bond donors (Lipinski definition) is 1. The van der Waals surface area contributed by atoms with Gasteiger partial charge in [0.2, 0.25) is 0 Å². The monoisotopic (exact) mass is 245 g/mol. The van der Waals surface area contributed by atoms with Crippen LogP contribution >= 0.6 is 15.9 Å². The van der Waals surface area contributed by atoms with E-state index in [1.165, 1.54) is 6.07 Å². The van der Waals surface area contributed by atoms with Gasteiger partial charge in [0.25, 0.3) is 0 Å². The highest BCUT2D eigenvalue weighted by molar-refractivity contribution is 9.10. The molecule has 2 nitrogen and oxygen atoms in total. The first-order valence-electron chi connectivity index (χ1n) is 4.05. The van der Waals surface area contributed by atoms with Crippen molar-refractivity contribution in [2.75, 3.05) is 6.54 Å². The third-order valence-corrected chi connectivity index (χ3v) is 2.54. The maximum Gasteiger partial charge on any atom is 0.166 e. The molecule has 1 aliphatic heterocycles. The molecule has 0 fully saturated rings. The molecule has 0 radical (unpaired) electrons. The van der Waals surface area contributed by atoms with Crippen LogP contribution in [0.25, 0.3) is 0 Å². The summed E-state index contributed by atoms with van der Waals surface area (Å²) >= 11 is 3.23. The van der Waals surface area contributed by atoms with E-state index in [0.29, 0.717) is 18.7 Å². The molecule has 1 aliphatic rings. The van der Waals surface area contributed by atoms with Gasteiger partial charge in [-0.05, 0) is 12.1 Å². The predicted molar refractivity (Wildman–Crippen MR) is 51.3 cm³/mol. The summed E-state index contributed by atoms with van der Waals surface area (Å²) in [5, 5.41) is 0. The molecule has 4 heteroatoms. The third-order valence-electron chi connectivity index (χ3n) is 2.08. The summed E-state index contributed by atoms with van der Waals surface area (Å²) in [6.45, 7) is 0.422. The maximum absolute atomic E-state index is 13.3. The highest BCUT2D eigenvalue weighted by Gasteiger charge is 2.24. The lowest BCUT2D eigenvalue weighted by atomic mass is 10.1. The number of nitrogens with two attached hydrogens (primary N) is 1. The van der Waals surface area contributed by atoms with Crippen LogP contribution in [0.3, 0.4) is 0 Å². The van der Waals surface area contributed by atoms with Crippen molar-refractivity contribution in [3.05, 3.63) is 28.0 Å². The summed E-state index contributed by atoms with van der Waals surface area (Å²) in [6, 6.07) is 3.27. The first-order chi connectivity index (χ1) is 6.20. The van der Waals surface area contributed by atoms with Gasteiger partial charge in [-0.25, -0.2) is 4.39 Å². The molecule has 0 saturated heterocycles. The SMILES string of the molecule is NCC1Cc2cc(Br)cc(F)c2O1. The van der Waals surface area contributed by atoms with Crippen LogP contribution in [0.2, 0.25) is 0 Å². The number of fused-ring (bicyclic) bond motifs is 1. The number of rotatable bonds is 1. The van der Waals surface area contributed by atoms with Crippen LogP contribution in [-0.2, 0) is 6.42 Å². The van der Waals surface area contributed by atoms with Gasteiger partial charge in [0.15, 0.2) is 11.6 Å². The van der Waals surface area contributed by atoms with Crippen LogP contribution in [0.1, 0.15) is 5.56 Å². The molecule has 1 unspecified atom stereocenters. The molecule has 0 spiro atoms. The first-order valence-corrected chi connectivity index (χ1v) is 4.84. The van der Waals surface area contributed by atoms with Gasteiger partial charge in [-0.1, -0.05) is 15.9 Å². The average Bonchev–Trinajstić information content (AvgIpc) is 2.47. The number of ether oxygens (including phenoxy) is 1. The molecular formula is C9H9BrFNO. The number of halogens is 2. The van der Waals surface area contributed by atoms with Crippen molar-refractivity contribution in [2.24, 2.45) is 5.73 Å². The van der Waals surface area contributed by atoms with E-state index < -0.39 is 0 Å². The van der Waals surface area contributed by atoms with Gasteiger partial charge in [0.05, 0.1) is 0 Å². The van der Waals surface area contributed by atoms with Crippen LogP contribution in [-0.4, -0.2) is 12.6 Å². The molecule has 1 atom stereocenters. The quantitative estimate of drug-likeness (QED) is 0.820. The molecule has 1 heterocycles. The fraction of sp³-hybridized carbons (Fsp3) is 0.333. The summed E-state index contributed by atoms with van der Waals surface area (Å²) in [5.74, 6) is 0.0407. The van der Waals surface area contributed by atoms with Gasteiger partial charge in [-0.2, -0.15) is 0 Å². The summed E-state index contributed by atoms with van der Waals surface area (Å²) in [7, 11) is 0. The average molecular weight is 246 g/mol. The Morgan fingerprint density at radius 3 is 3.08 bits per heavy atom. The highest BCUT2D eigenvalue weighted by Crippen LogP contribution is 2.33. The molecule has 1 aromatic rings. The van der Waals surface area contributed by atoms with Crippen LogP contribution in [0, 0.1) is 5.82 Å². The summed E-state index contributed by atoms with van der Waals surface area (Å²) in [4.78, 5) is 0. The Morgan fingerprint density at radius 2 is 2.38 bits per heavy atom. The van der Waals surface area contributed by atoms with E-state index in [1.54, 1.807) is 0 Å². The second-order valence-electron chi connectivity index (χ2n) is 3.06. The Hall–Kier alpha value is -0.610. The number of hydrogen-bond acceptors (Lipinski definition) is 2. The van der Waals surface area contributed by atoms with Gasteiger partial charge >= 0.3 is 0 Å². The fourth-order valence-electron chi connectivity index (χ4n) is 1.48. The summed E-state index contributed by atoms with van der Waals surface area (Å²) in [6.07, 6.45) is 0.626. The minimum Gasteiger partial charge on any atom is -0.485 e. The molecule has 0 aromatic heterocycles. The largest absolute Gasteiger partial charge is 0.485 e. The van der Waals surface area contributed by atoms with Crippen molar-refractivity contribution in [3.8, 4) is 5.75 Å². The minimum absolute atomic E-state index is 0.0706. The first kappa shape index (κ1) is 8.97. The van der Waals surface area contributed by atoms with Crippen molar-refractivity contribution in [2.45, 2.75) is 12.5 Å². The normalized spacial score (nSPS) is 19.8. The van der Waals surface area contributed by atoms with E-state index >= 15 is 0 Å². The van der Waals surface area contributed by atoms with Crippen LogP contribution in [0.15, 0.2) is 16.6 Å². The molecule has 70 valence electrons. The Balaban J connectivity index is 2.40. The van der Waals surface area contributed by atoms with E-state index in [1.807, 2.05) is 6.07 Å². The maximum atomic E-state index is 13.3. The van der Waals surface area contributed by atoms with Crippen molar-refractivity contribution >= 4 is 15.9 Å². The van der Waals surface area contributed by atoms with Crippen molar-refractivity contribution in [3.63, 3.8) is 0 Å². The van der Waals surface area contributed by atoms with E-state index in [4.69, 9.17) is 10.5 Å². The second-order valence-corrected chi connectivity index (χ2v) is 3.97.